The van der Waals surface area contributed by atoms with Crippen molar-refractivity contribution >= 4 is 5.96 Å². The van der Waals surface area contributed by atoms with Crippen LogP contribution in [0.4, 0.5) is 4.39 Å². The molecule has 1 aliphatic rings. The molecule has 2 rings (SSSR count). The van der Waals surface area contributed by atoms with Crippen LogP contribution in [0.3, 0.4) is 0 Å². The number of guanidine groups is 1. The number of rotatable bonds is 11. The lowest BCUT2D eigenvalue weighted by Gasteiger charge is -2.12. The fraction of sp³-hybridized carbons (Fsp3) is 0.632. The van der Waals surface area contributed by atoms with Crippen molar-refractivity contribution in [2.24, 2.45) is 4.99 Å². The van der Waals surface area contributed by atoms with Gasteiger partial charge in [-0.2, -0.15) is 0 Å². The van der Waals surface area contributed by atoms with Crippen LogP contribution in [-0.2, 0) is 9.47 Å². The summed E-state index contributed by atoms with van der Waals surface area (Å²) in [7, 11) is 0. The van der Waals surface area contributed by atoms with Gasteiger partial charge in [-0.3, -0.25) is 4.99 Å². The molecule has 1 unspecified atom stereocenters. The Morgan fingerprint density at radius 2 is 2.27 bits per heavy atom. The average Bonchev–Trinajstić information content (AvgIpc) is 3.15. The van der Waals surface area contributed by atoms with E-state index in [1.807, 2.05) is 6.92 Å². The van der Waals surface area contributed by atoms with Crippen molar-refractivity contribution < 1.29 is 18.6 Å². The highest BCUT2D eigenvalue weighted by atomic mass is 19.1. The number of hydrogen-bond donors (Lipinski definition) is 2. The van der Waals surface area contributed by atoms with Crippen molar-refractivity contribution in [3.63, 3.8) is 0 Å². The lowest BCUT2D eigenvalue weighted by atomic mass is 10.2. The normalized spacial score (nSPS) is 17.3. The molecule has 0 spiro atoms. The van der Waals surface area contributed by atoms with Crippen molar-refractivity contribution in [1.82, 2.24) is 10.6 Å². The summed E-state index contributed by atoms with van der Waals surface area (Å²) in [6, 6.07) is 6.13. The minimum absolute atomic E-state index is 0.274. The van der Waals surface area contributed by atoms with Gasteiger partial charge in [-0.15, -0.1) is 0 Å². The Balaban J connectivity index is 1.56. The van der Waals surface area contributed by atoms with Gasteiger partial charge in [0.05, 0.1) is 19.3 Å². The zero-order chi connectivity index (χ0) is 18.5. The van der Waals surface area contributed by atoms with E-state index >= 15 is 0 Å². The van der Waals surface area contributed by atoms with Gasteiger partial charge in [-0.1, -0.05) is 6.07 Å². The van der Waals surface area contributed by atoms with E-state index in [4.69, 9.17) is 14.2 Å². The molecule has 1 aliphatic heterocycles. The van der Waals surface area contributed by atoms with Gasteiger partial charge < -0.3 is 24.8 Å². The molecule has 0 bridgehead atoms. The van der Waals surface area contributed by atoms with Gasteiger partial charge >= 0.3 is 0 Å². The molecule has 0 aromatic heterocycles. The number of hydrogen-bond acceptors (Lipinski definition) is 4. The number of benzene rings is 1. The van der Waals surface area contributed by atoms with E-state index in [0.717, 1.165) is 38.4 Å². The Morgan fingerprint density at radius 3 is 3.04 bits per heavy atom. The molecule has 6 nitrogen and oxygen atoms in total. The largest absolute Gasteiger partial charge is 0.492 e. The number of nitrogens with one attached hydrogen (secondary N) is 2. The van der Waals surface area contributed by atoms with Gasteiger partial charge in [-0.25, -0.2) is 4.39 Å². The summed E-state index contributed by atoms with van der Waals surface area (Å²) in [5.74, 6) is 0.971. The van der Waals surface area contributed by atoms with E-state index in [2.05, 4.69) is 15.6 Å². The van der Waals surface area contributed by atoms with Crippen molar-refractivity contribution in [1.29, 1.82) is 0 Å². The molecule has 0 saturated carbocycles. The van der Waals surface area contributed by atoms with Crippen LogP contribution < -0.4 is 15.4 Å². The predicted octanol–water partition coefficient (Wildman–Crippen LogP) is 2.35. The molecule has 1 heterocycles. The third-order valence-electron chi connectivity index (χ3n) is 3.85. The van der Waals surface area contributed by atoms with Crippen molar-refractivity contribution in [2.75, 3.05) is 46.1 Å². The molecule has 1 atom stereocenters. The van der Waals surface area contributed by atoms with Crippen LogP contribution in [0.1, 0.15) is 26.2 Å². The maximum atomic E-state index is 13.1. The van der Waals surface area contributed by atoms with Crippen LogP contribution in [-0.4, -0.2) is 58.1 Å². The monoisotopic (exact) mass is 367 g/mol. The van der Waals surface area contributed by atoms with Crippen LogP contribution in [0.25, 0.3) is 0 Å². The van der Waals surface area contributed by atoms with Gasteiger partial charge in [0.1, 0.15) is 18.2 Å². The van der Waals surface area contributed by atoms with Crippen LogP contribution in [0.2, 0.25) is 0 Å². The fourth-order valence-corrected chi connectivity index (χ4v) is 2.58. The Labute approximate surface area is 155 Å². The van der Waals surface area contributed by atoms with Gasteiger partial charge in [0.2, 0.25) is 0 Å². The number of nitrogens with zero attached hydrogens (tertiary/aromatic N) is 1. The van der Waals surface area contributed by atoms with Gasteiger partial charge in [0, 0.05) is 32.4 Å². The molecular formula is C19H30FN3O3. The summed E-state index contributed by atoms with van der Waals surface area (Å²) in [6.07, 6.45) is 3.38. The second-order valence-corrected chi connectivity index (χ2v) is 6.06. The Hall–Kier alpha value is -1.86. The molecule has 1 fully saturated rings. The number of halogens is 1. The molecule has 0 amide bonds. The van der Waals surface area contributed by atoms with Crippen LogP contribution in [0, 0.1) is 5.82 Å². The Kier molecular flexibility index (Phi) is 9.82. The molecule has 2 N–H and O–H groups in total. The van der Waals surface area contributed by atoms with E-state index in [-0.39, 0.29) is 11.9 Å². The van der Waals surface area contributed by atoms with E-state index in [1.54, 1.807) is 12.1 Å². The van der Waals surface area contributed by atoms with Crippen molar-refractivity contribution in [3.05, 3.63) is 30.1 Å². The highest BCUT2D eigenvalue weighted by Gasteiger charge is 2.14. The predicted molar refractivity (Wildman–Crippen MR) is 100 cm³/mol. The second-order valence-electron chi connectivity index (χ2n) is 6.06. The first-order valence-electron chi connectivity index (χ1n) is 9.38. The zero-order valence-corrected chi connectivity index (χ0v) is 15.5. The fourth-order valence-electron chi connectivity index (χ4n) is 2.58. The Bertz CT molecular complexity index is 537. The third-order valence-corrected chi connectivity index (χ3v) is 3.85. The quantitative estimate of drug-likeness (QED) is 0.357. The maximum Gasteiger partial charge on any atom is 0.191 e. The highest BCUT2D eigenvalue weighted by molar-refractivity contribution is 5.79. The highest BCUT2D eigenvalue weighted by Crippen LogP contribution is 2.12. The molecule has 26 heavy (non-hydrogen) atoms. The summed E-state index contributed by atoms with van der Waals surface area (Å²) >= 11 is 0. The van der Waals surface area contributed by atoms with Crippen LogP contribution in [0.15, 0.2) is 29.3 Å². The summed E-state index contributed by atoms with van der Waals surface area (Å²) in [5, 5.41) is 6.39. The topological polar surface area (TPSA) is 64.1 Å². The molecule has 0 aliphatic carbocycles. The summed E-state index contributed by atoms with van der Waals surface area (Å²) in [4.78, 5) is 4.51. The first kappa shape index (κ1) is 20.5. The zero-order valence-electron chi connectivity index (χ0n) is 15.5. The molecule has 7 heteroatoms. The van der Waals surface area contributed by atoms with E-state index < -0.39 is 0 Å². The lowest BCUT2D eigenvalue weighted by Crippen LogP contribution is -2.39. The first-order chi connectivity index (χ1) is 12.8. The standard InChI is InChI=1S/C19H30FN3O3/c1-2-21-19(22-9-5-11-24-15-18-8-4-12-25-18)23-10-13-26-17-7-3-6-16(20)14-17/h3,6-7,14,18H,2,4-5,8-13,15H2,1H3,(H2,21,22,23). The molecule has 0 radical (unpaired) electrons. The van der Waals surface area contributed by atoms with Crippen molar-refractivity contribution in [3.8, 4) is 5.75 Å². The minimum atomic E-state index is -0.299. The molecule has 146 valence electrons. The van der Waals surface area contributed by atoms with E-state index in [0.29, 0.717) is 38.7 Å². The summed E-state index contributed by atoms with van der Waals surface area (Å²) in [6.45, 7) is 6.73. The van der Waals surface area contributed by atoms with Crippen molar-refractivity contribution in [2.45, 2.75) is 32.3 Å². The lowest BCUT2D eigenvalue weighted by molar-refractivity contribution is 0.0171. The smallest absolute Gasteiger partial charge is 0.191 e. The maximum absolute atomic E-state index is 13.1. The van der Waals surface area contributed by atoms with Gasteiger partial charge in [0.25, 0.3) is 0 Å². The average molecular weight is 367 g/mol. The summed E-state index contributed by atoms with van der Waals surface area (Å²) in [5.41, 5.74) is 0. The van der Waals surface area contributed by atoms with Gasteiger partial charge in [0.15, 0.2) is 5.96 Å². The minimum Gasteiger partial charge on any atom is -0.492 e. The molecule has 1 aromatic rings. The van der Waals surface area contributed by atoms with E-state index in [1.165, 1.54) is 12.1 Å². The summed E-state index contributed by atoms with van der Waals surface area (Å²) < 4.78 is 29.7. The van der Waals surface area contributed by atoms with Gasteiger partial charge in [-0.05, 0) is 38.3 Å². The Morgan fingerprint density at radius 1 is 1.35 bits per heavy atom. The number of ether oxygens (including phenoxy) is 3. The first-order valence-corrected chi connectivity index (χ1v) is 9.38. The second kappa shape index (κ2) is 12.5. The third kappa shape index (κ3) is 8.49. The molecule has 1 aromatic carbocycles. The van der Waals surface area contributed by atoms with E-state index in [9.17, 15) is 4.39 Å². The SMILES string of the molecule is CCNC(=NCCCOCC1CCCO1)NCCOc1cccc(F)c1. The van der Waals surface area contributed by atoms with Crippen LogP contribution in [0.5, 0.6) is 5.75 Å². The number of aliphatic imine (C=N–C) groups is 1. The molecular weight excluding hydrogens is 337 g/mol. The van der Waals surface area contributed by atoms with Crippen LogP contribution >= 0.6 is 0 Å². The molecule has 1 saturated heterocycles.